The smallest absolute Gasteiger partial charge is 0.246 e. The molecule has 1 heterocycles. The molecule has 0 radical (unpaired) electrons. The van der Waals surface area contributed by atoms with Crippen LogP contribution in [0.5, 0.6) is 5.75 Å². The molecule has 5 heteroatoms. The molecule has 1 aliphatic rings. The molecule has 1 saturated heterocycles. The molecule has 3 rings (SSSR count). The molecule has 26 heavy (non-hydrogen) atoms. The molecule has 5 nitrogen and oxygen atoms in total. The predicted octanol–water partition coefficient (Wildman–Crippen LogP) is 3.45. The largest absolute Gasteiger partial charge is 0.495 e. The zero-order chi connectivity index (χ0) is 18.4. The zero-order valence-electron chi connectivity index (χ0n) is 15.3. The number of methoxy groups -OCH3 is 1. The van der Waals surface area contributed by atoms with Gasteiger partial charge in [0.2, 0.25) is 5.91 Å². The average molecular weight is 354 g/mol. The third-order valence-electron chi connectivity index (χ3n) is 4.58. The van der Waals surface area contributed by atoms with Crippen LogP contribution in [-0.4, -0.2) is 32.3 Å². The van der Waals surface area contributed by atoms with Gasteiger partial charge >= 0.3 is 0 Å². The lowest BCUT2D eigenvalue weighted by Crippen LogP contribution is -2.37. The quantitative estimate of drug-likeness (QED) is 0.799. The number of rotatable bonds is 7. The number of hydrogen-bond donors (Lipinski definition) is 2. The Morgan fingerprint density at radius 2 is 2.08 bits per heavy atom. The van der Waals surface area contributed by atoms with Crippen LogP contribution in [-0.2, 0) is 9.53 Å². The highest BCUT2D eigenvalue weighted by molar-refractivity contribution is 5.96. The minimum Gasteiger partial charge on any atom is -0.495 e. The van der Waals surface area contributed by atoms with E-state index in [9.17, 15) is 4.79 Å². The molecule has 0 unspecified atom stereocenters. The molecule has 1 aliphatic heterocycles. The number of ether oxygens (including phenoxy) is 2. The molecule has 0 aromatic heterocycles. The number of anilines is 1. The minimum absolute atomic E-state index is 0.113. The van der Waals surface area contributed by atoms with Gasteiger partial charge in [0, 0.05) is 13.2 Å². The summed E-state index contributed by atoms with van der Waals surface area (Å²) in [4.78, 5) is 13.0. The van der Waals surface area contributed by atoms with Crippen LogP contribution in [0.15, 0.2) is 48.5 Å². The van der Waals surface area contributed by atoms with E-state index in [2.05, 4.69) is 10.6 Å². The molecule has 0 aliphatic carbocycles. The zero-order valence-corrected chi connectivity index (χ0v) is 15.3. The summed E-state index contributed by atoms with van der Waals surface area (Å²) in [5, 5.41) is 6.38. The Morgan fingerprint density at radius 3 is 2.77 bits per heavy atom. The lowest BCUT2D eigenvalue weighted by atomic mass is 10.1. The highest BCUT2D eigenvalue weighted by Gasteiger charge is 2.24. The molecule has 1 amide bonds. The number of benzene rings is 2. The standard InChI is InChI=1S/C21H26N2O3/c1-15-10-11-19(25-2)18(13-15)23-21(24)20(16-7-4-3-5-8-16)22-14-17-9-6-12-26-17/h3-5,7-8,10-11,13,17,20,22H,6,9,12,14H2,1-2H3,(H,23,24)/t17-,20-/m0/s1. The normalized spacial score (nSPS) is 17.7. The summed E-state index contributed by atoms with van der Waals surface area (Å²) in [6.07, 6.45) is 2.28. The van der Waals surface area contributed by atoms with Crippen molar-refractivity contribution >= 4 is 11.6 Å². The highest BCUT2D eigenvalue weighted by atomic mass is 16.5. The Bertz CT molecular complexity index is 727. The van der Waals surface area contributed by atoms with E-state index in [1.165, 1.54) is 0 Å². The van der Waals surface area contributed by atoms with Crippen molar-refractivity contribution in [3.63, 3.8) is 0 Å². The molecular formula is C21H26N2O3. The fraction of sp³-hybridized carbons (Fsp3) is 0.381. The third-order valence-corrected chi connectivity index (χ3v) is 4.58. The van der Waals surface area contributed by atoms with Gasteiger partial charge in [0.05, 0.1) is 18.9 Å². The molecular weight excluding hydrogens is 328 g/mol. The van der Waals surface area contributed by atoms with Crippen LogP contribution in [0.4, 0.5) is 5.69 Å². The second kappa shape index (κ2) is 8.83. The number of amides is 1. The van der Waals surface area contributed by atoms with Crippen LogP contribution in [0.25, 0.3) is 0 Å². The van der Waals surface area contributed by atoms with Crippen molar-refractivity contribution < 1.29 is 14.3 Å². The predicted molar refractivity (Wildman–Crippen MR) is 103 cm³/mol. The van der Waals surface area contributed by atoms with E-state index < -0.39 is 6.04 Å². The van der Waals surface area contributed by atoms with Crippen molar-refractivity contribution in [1.82, 2.24) is 5.32 Å². The van der Waals surface area contributed by atoms with Crippen LogP contribution in [0.2, 0.25) is 0 Å². The molecule has 138 valence electrons. The number of aryl methyl sites for hydroxylation is 1. The van der Waals surface area contributed by atoms with Crippen molar-refractivity contribution in [3.05, 3.63) is 59.7 Å². The van der Waals surface area contributed by atoms with Gasteiger partial charge in [-0.2, -0.15) is 0 Å². The van der Waals surface area contributed by atoms with Crippen LogP contribution in [0.3, 0.4) is 0 Å². The number of nitrogens with one attached hydrogen (secondary N) is 2. The number of carbonyl (C=O) groups is 1. The van der Waals surface area contributed by atoms with E-state index in [1.807, 2.05) is 55.5 Å². The molecule has 2 atom stereocenters. The summed E-state index contributed by atoms with van der Waals surface area (Å²) < 4.78 is 11.0. The number of carbonyl (C=O) groups excluding carboxylic acids is 1. The van der Waals surface area contributed by atoms with Crippen LogP contribution < -0.4 is 15.4 Å². The van der Waals surface area contributed by atoms with Crippen LogP contribution in [0, 0.1) is 6.92 Å². The SMILES string of the molecule is COc1ccc(C)cc1NC(=O)[C@@H](NC[C@@H]1CCCO1)c1ccccc1. The summed E-state index contributed by atoms with van der Waals surface area (Å²) in [5.41, 5.74) is 2.66. The summed E-state index contributed by atoms with van der Waals surface area (Å²) in [5.74, 6) is 0.535. The van der Waals surface area contributed by atoms with Crippen molar-refractivity contribution in [1.29, 1.82) is 0 Å². The molecule has 2 N–H and O–H groups in total. The first kappa shape index (κ1) is 18.4. The van der Waals surface area contributed by atoms with E-state index in [1.54, 1.807) is 7.11 Å². The van der Waals surface area contributed by atoms with Gasteiger partial charge in [0.1, 0.15) is 11.8 Å². The maximum atomic E-state index is 13.0. The van der Waals surface area contributed by atoms with Crippen molar-refractivity contribution in [3.8, 4) is 5.75 Å². The Kier molecular flexibility index (Phi) is 6.26. The highest BCUT2D eigenvalue weighted by Crippen LogP contribution is 2.27. The monoisotopic (exact) mass is 354 g/mol. The van der Waals surface area contributed by atoms with Gasteiger partial charge in [0.15, 0.2) is 0 Å². The lowest BCUT2D eigenvalue weighted by Gasteiger charge is -2.21. The molecule has 0 saturated carbocycles. The van der Waals surface area contributed by atoms with E-state index >= 15 is 0 Å². The van der Waals surface area contributed by atoms with Crippen LogP contribution >= 0.6 is 0 Å². The maximum absolute atomic E-state index is 13.0. The van der Waals surface area contributed by atoms with Gasteiger partial charge in [0.25, 0.3) is 0 Å². The van der Waals surface area contributed by atoms with Crippen molar-refractivity contribution in [2.45, 2.75) is 31.9 Å². The molecule has 0 spiro atoms. The summed E-state index contributed by atoms with van der Waals surface area (Å²) in [6, 6.07) is 15.0. The van der Waals surface area contributed by atoms with E-state index in [4.69, 9.17) is 9.47 Å². The fourth-order valence-corrected chi connectivity index (χ4v) is 3.19. The first-order chi connectivity index (χ1) is 12.7. The van der Waals surface area contributed by atoms with E-state index in [-0.39, 0.29) is 12.0 Å². The minimum atomic E-state index is -0.453. The first-order valence-electron chi connectivity index (χ1n) is 9.03. The lowest BCUT2D eigenvalue weighted by molar-refractivity contribution is -0.118. The molecule has 1 fully saturated rings. The van der Waals surface area contributed by atoms with Crippen molar-refractivity contribution in [2.75, 3.05) is 25.6 Å². The first-order valence-corrected chi connectivity index (χ1v) is 9.03. The van der Waals surface area contributed by atoms with Gasteiger partial charge in [-0.05, 0) is 43.0 Å². The second-order valence-electron chi connectivity index (χ2n) is 6.58. The second-order valence-corrected chi connectivity index (χ2v) is 6.58. The van der Waals surface area contributed by atoms with Gasteiger partial charge in [-0.1, -0.05) is 36.4 Å². The van der Waals surface area contributed by atoms with Crippen molar-refractivity contribution in [2.24, 2.45) is 0 Å². The van der Waals surface area contributed by atoms with Gasteiger partial charge < -0.3 is 14.8 Å². The van der Waals surface area contributed by atoms with E-state index in [0.29, 0.717) is 18.0 Å². The van der Waals surface area contributed by atoms with Gasteiger partial charge in [-0.3, -0.25) is 10.1 Å². The maximum Gasteiger partial charge on any atom is 0.246 e. The van der Waals surface area contributed by atoms with Gasteiger partial charge in [-0.25, -0.2) is 0 Å². The van der Waals surface area contributed by atoms with E-state index in [0.717, 1.165) is 30.6 Å². The summed E-state index contributed by atoms with van der Waals surface area (Å²) >= 11 is 0. The topological polar surface area (TPSA) is 59.6 Å². The average Bonchev–Trinajstić information content (AvgIpc) is 3.16. The Hall–Kier alpha value is -2.37. The third kappa shape index (κ3) is 4.62. The Labute approximate surface area is 154 Å². The number of hydrogen-bond acceptors (Lipinski definition) is 4. The van der Waals surface area contributed by atoms with Gasteiger partial charge in [-0.15, -0.1) is 0 Å². The molecule has 0 bridgehead atoms. The molecule has 2 aromatic carbocycles. The Morgan fingerprint density at radius 1 is 1.27 bits per heavy atom. The van der Waals surface area contributed by atoms with Crippen LogP contribution in [0.1, 0.15) is 30.0 Å². The summed E-state index contributed by atoms with van der Waals surface area (Å²) in [6.45, 7) is 3.44. The molecule has 2 aromatic rings. The fourth-order valence-electron chi connectivity index (χ4n) is 3.19. The summed E-state index contributed by atoms with van der Waals surface area (Å²) in [7, 11) is 1.60. The Balaban J connectivity index is 1.77.